The summed E-state index contributed by atoms with van der Waals surface area (Å²) < 4.78 is 5.96. The van der Waals surface area contributed by atoms with E-state index in [-0.39, 0.29) is 0 Å². The van der Waals surface area contributed by atoms with Gasteiger partial charge in [0.05, 0.1) is 18.2 Å². The molecule has 1 aliphatic heterocycles. The second-order valence-corrected chi connectivity index (χ2v) is 5.69. The summed E-state index contributed by atoms with van der Waals surface area (Å²) in [5.41, 5.74) is 0. The van der Waals surface area contributed by atoms with Gasteiger partial charge in [0.15, 0.2) is 0 Å². The molecule has 0 amide bonds. The number of hydrogen-bond donors (Lipinski definition) is 1. The molecule has 1 fully saturated rings. The van der Waals surface area contributed by atoms with Crippen LogP contribution in [0.25, 0.3) is 0 Å². The van der Waals surface area contributed by atoms with Gasteiger partial charge in [-0.25, -0.2) is 0 Å². The lowest BCUT2D eigenvalue weighted by atomic mass is 10.1. The Labute approximate surface area is 102 Å². The van der Waals surface area contributed by atoms with E-state index in [1.807, 2.05) is 18.4 Å². The van der Waals surface area contributed by atoms with Crippen LogP contribution in [0.3, 0.4) is 0 Å². The van der Waals surface area contributed by atoms with Crippen LogP contribution in [0, 0.1) is 0 Å². The fraction of sp³-hybridized carbons (Fsp3) is 0.692. The van der Waals surface area contributed by atoms with Crippen LogP contribution in [0.5, 0.6) is 0 Å². The highest BCUT2D eigenvalue weighted by atomic mass is 32.1. The third-order valence-electron chi connectivity index (χ3n) is 3.29. The molecule has 1 aromatic heterocycles. The highest BCUT2D eigenvalue weighted by Crippen LogP contribution is 2.33. The molecule has 3 unspecified atom stereocenters. The second-order valence-electron chi connectivity index (χ2n) is 4.49. The first-order valence-electron chi connectivity index (χ1n) is 6.16. The molecular formula is C13H21NOS. The van der Waals surface area contributed by atoms with Crippen LogP contribution in [0.4, 0.5) is 0 Å². The first-order chi connectivity index (χ1) is 7.74. The molecule has 1 aliphatic rings. The molecule has 2 rings (SSSR count). The zero-order valence-electron chi connectivity index (χ0n) is 10.3. The van der Waals surface area contributed by atoms with Crippen molar-refractivity contribution in [1.29, 1.82) is 0 Å². The van der Waals surface area contributed by atoms with E-state index >= 15 is 0 Å². The van der Waals surface area contributed by atoms with E-state index in [2.05, 4.69) is 31.3 Å². The van der Waals surface area contributed by atoms with Crippen molar-refractivity contribution in [3.05, 3.63) is 21.9 Å². The number of nitrogens with one attached hydrogen (secondary N) is 1. The maximum atomic E-state index is 5.96. The van der Waals surface area contributed by atoms with Crippen molar-refractivity contribution in [3.8, 4) is 0 Å². The minimum absolute atomic E-state index is 0.350. The number of likely N-dealkylation sites (N-methyl/N-ethyl adjacent to an activating group) is 1. The lowest BCUT2D eigenvalue weighted by Gasteiger charge is -2.22. The first-order valence-corrected chi connectivity index (χ1v) is 6.97. The Bertz CT molecular complexity index is 336. The Balaban J connectivity index is 2.09. The van der Waals surface area contributed by atoms with Gasteiger partial charge in [-0.2, -0.15) is 0 Å². The zero-order valence-corrected chi connectivity index (χ0v) is 11.1. The number of rotatable bonds is 4. The molecular weight excluding hydrogens is 218 g/mol. The highest BCUT2D eigenvalue weighted by molar-refractivity contribution is 7.12. The number of thiophene rings is 1. The predicted molar refractivity (Wildman–Crippen MR) is 69.1 cm³/mol. The van der Waals surface area contributed by atoms with Crippen molar-refractivity contribution in [1.82, 2.24) is 5.32 Å². The molecule has 0 bridgehead atoms. The fourth-order valence-electron chi connectivity index (χ4n) is 2.34. The van der Waals surface area contributed by atoms with Crippen molar-refractivity contribution >= 4 is 11.3 Å². The lowest BCUT2D eigenvalue weighted by Crippen LogP contribution is -2.28. The second kappa shape index (κ2) is 5.30. The molecule has 3 heteroatoms. The summed E-state index contributed by atoms with van der Waals surface area (Å²) in [4.78, 5) is 2.87. The summed E-state index contributed by atoms with van der Waals surface area (Å²) in [5.74, 6) is 0. The summed E-state index contributed by atoms with van der Waals surface area (Å²) in [6.07, 6.45) is 4.26. The standard InChI is InChI=1S/C13H21NOS/c1-4-10-6-8-12(16-10)13(14-3)11-7-5-9(2)15-11/h6,8-9,11,13-14H,4-5,7H2,1-3H3. The predicted octanol–water partition coefficient (Wildman–Crippen LogP) is 3.14. The molecule has 0 radical (unpaired) electrons. The van der Waals surface area contributed by atoms with Crippen molar-refractivity contribution in [3.63, 3.8) is 0 Å². The average Bonchev–Trinajstić information content (AvgIpc) is 2.89. The Morgan fingerprint density at radius 1 is 1.50 bits per heavy atom. The van der Waals surface area contributed by atoms with Gasteiger partial charge in [0.25, 0.3) is 0 Å². The maximum absolute atomic E-state index is 5.96. The Kier molecular flexibility index (Phi) is 4.00. The smallest absolute Gasteiger partial charge is 0.0782 e. The van der Waals surface area contributed by atoms with Crippen molar-refractivity contribution in [2.24, 2.45) is 0 Å². The van der Waals surface area contributed by atoms with E-state index in [4.69, 9.17) is 4.74 Å². The Morgan fingerprint density at radius 3 is 2.81 bits per heavy atom. The van der Waals surface area contributed by atoms with Crippen LogP contribution >= 0.6 is 11.3 Å². The van der Waals surface area contributed by atoms with Gasteiger partial charge in [-0.1, -0.05) is 6.92 Å². The topological polar surface area (TPSA) is 21.3 Å². The van der Waals surface area contributed by atoms with Crippen LogP contribution in [0.15, 0.2) is 12.1 Å². The SMILES string of the molecule is CCc1ccc(C(NC)C2CCC(C)O2)s1. The largest absolute Gasteiger partial charge is 0.373 e. The summed E-state index contributed by atoms with van der Waals surface area (Å²) in [6, 6.07) is 4.86. The van der Waals surface area contributed by atoms with E-state index in [0.717, 1.165) is 6.42 Å². The normalized spacial score (nSPS) is 27.2. The van der Waals surface area contributed by atoms with E-state index in [1.54, 1.807) is 0 Å². The van der Waals surface area contributed by atoms with Gasteiger partial charge in [-0.15, -0.1) is 11.3 Å². The van der Waals surface area contributed by atoms with Crippen molar-refractivity contribution in [2.75, 3.05) is 7.05 Å². The van der Waals surface area contributed by atoms with Gasteiger partial charge < -0.3 is 10.1 Å². The lowest BCUT2D eigenvalue weighted by molar-refractivity contribution is 0.0341. The first kappa shape index (κ1) is 12.1. The van der Waals surface area contributed by atoms with E-state index in [0.29, 0.717) is 18.2 Å². The Hall–Kier alpha value is -0.380. The average molecular weight is 239 g/mol. The van der Waals surface area contributed by atoms with Gasteiger partial charge in [0.2, 0.25) is 0 Å². The summed E-state index contributed by atoms with van der Waals surface area (Å²) in [6.45, 7) is 4.37. The van der Waals surface area contributed by atoms with Crippen LogP contribution in [0.2, 0.25) is 0 Å². The van der Waals surface area contributed by atoms with Gasteiger partial charge in [-0.05, 0) is 45.4 Å². The number of ether oxygens (including phenoxy) is 1. The number of aryl methyl sites for hydroxylation is 1. The van der Waals surface area contributed by atoms with Crippen LogP contribution in [-0.4, -0.2) is 19.3 Å². The molecule has 0 saturated carbocycles. The third-order valence-corrected chi connectivity index (χ3v) is 4.60. The summed E-state index contributed by atoms with van der Waals surface area (Å²) in [7, 11) is 2.03. The number of hydrogen-bond acceptors (Lipinski definition) is 3. The van der Waals surface area contributed by atoms with Crippen molar-refractivity contribution < 1.29 is 4.74 Å². The van der Waals surface area contributed by atoms with Gasteiger partial charge in [-0.3, -0.25) is 0 Å². The molecule has 2 nitrogen and oxygen atoms in total. The summed E-state index contributed by atoms with van der Waals surface area (Å²) >= 11 is 1.91. The molecule has 1 aromatic rings. The van der Waals surface area contributed by atoms with Gasteiger partial charge in [0, 0.05) is 9.75 Å². The minimum atomic E-state index is 0.350. The molecule has 16 heavy (non-hydrogen) atoms. The minimum Gasteiger partial charge on any atom is -0.373 e. The third kappa shape index (κ3) is 2.47. The molecule has 2 heterocycles. The van der Waals surface area contributed by atoms with E-state index in [9.17, 15) is 0 Å². The Morgan fingerprint density at radius 2 is 2.31 bits per heavy atom. The monoisotopic (exact) mass is 239 g/mol. The molecule has 0 aromatic carbocycles. The van der Waals surface area contributed by atoms with Crippen molar-refractivity contribution in [2.45, 2.75) is 51.4 Å². The quantitative estimate of drug-likeness (QED) is 0.871. The molecule has 0 aliphatic carbocycles. The van der Waals surface area contributed by atoms with E-state index in [1.165, 1.54) is 22.6 Å². The van der Waals surface area contributed by atoms with Crippen LogP contribution < -0.4 is 5.32 Å². The highest BCUT2D eigenvalue weighted by Gasteiger charge is 2.30. The maximum Gasteiger partial charge on any atom is 0.0782 e. The zero-order chi connectivity index (χ0) is 11.5. The molecule has 1 N–H and O–H groups in total. The molecule has 1 saturated heterocycles. The van der Waals surface area contributed by atoms with Crippen LogP contribution in [0.1, 0.15) is 42.5 Å². The molecule has 90 valence electrons. The fourth-order valence-corrected chi connectivity index (χ4v) is 3.46. The molecule has 3 atom stereocenters. The van der Waals surface area contributed by atoms with Crippen LogP contribution in [-0.2, 0) is 11.2 Å². The van der Waals surface area contributed by atoms with Gasteiger partial charge >= 0.3 is 0 Å². The summed E-state index contributed by atoms with van der Waals surface area (Å²) in [5, 5.41) is 3.40. The van der Waals surface area contributed by atoms with Gasteiger partial charge in [0.1, 0.15) is 0 Å². The van der Waals surface area contributed by atoms with E-state index < -0.39 is 0 Å². The molecule has 0 spiro atoms.